The SMILES string of the molecule is CC(C)CCOCCN=C(N)N=C(N)N. The summed E-state index contributed by atoms with van der Waals surface area (Å²) in [7, 11) is 0. The van der Waals surface area contributed by atoms with Crippen molar-refractivity contribution in [2.45, 2.75) is 20.3 Å². The van der Waals surface area contributed by atoms with Gasteiger partial charge in [0.15, 0.2) is 5.96 Å². The fraction of sp³-hybridized carbons (Fsp3) is 0.778. The zero-order valence-corrected chi connectivity index (χ0v) is 9.44. The van der Waals surface area contributed by atoms with Gasteiger partial charge in [0.25, 0.3) is 0 Å². The van der Waals surface area contributed by atoms with Gasteiger partial charge in [-0.1, -0.05) is 13.8 Å². The van der Waals surface area contributed by atoms with Crippen LogP contribution in [0.4, 0.5) is 0 Å². The highest BCUT2D eigenvalue weighted by molar-refractivity contribution is 5.92. The largest absolute Gasteiger partial charge is 0.380 e. The quantitative estimate of drug-likeness (QED) is 0.319. The van der Waals surface area contributed by atoms with Crippen molar-refractivity contribution in [3.63, 3.8) is 0 Å². The molecule has 0 radical (unpaired) electrons. The molecule has 0 aliphatic carbocycles. The lowest BCUT2D eigenvalue weighted by Crippen LogP contribution is -2.26. The average Bonchev–Trinajstić information content (AvgIpc) is 2.09. The highest BCUT2D eigenvalue weighted by Gasteiger charge is 1.93. The van der Waals surface area contributed by atoms with Crippen LogP contribution in [0.15, 0.2) is 9.98 Å². The Labute approximate surface area is 90.6 Å². The Kier molecular flexibility index (Phi) is 7.35. The van der Waals surface area contributed by atoms with Crippen LogP contribution in [0.25, 0.3) is 0 Å². The molecule has 15 heavy (non-hydrogen) atoms. The normalized spacial score (nSPS) is 11.8. The summed E-state index contributed by atoms with van der Waals surface area (Å²) in [5.74, 6) is 0.652. The lowest BCUT2D eigenvalue weighted by molar-refractivity contribution is 0.131. The number of guanidine groups is 2. The third kappa shape index (κ3) is 10.6. The van der Waals surface area contributed by atoms with E-state index in [9.17, 15) is 0 Å². The van der Waals surface area contributed by atoms with Gasteiger partial charge in [0.05, 0.1) is 13.2 Å². The van der Waals surface area contributed by atoms with Gasteiger partial charge in [-0.15, -0.1) is 0 Å². The van der Waals surface area contributed by atoms with Crippen LogP contribution < -0.4 is 17.2 Å². The summed E-state index contributed by atoms with van der Waals surface area (Å²) in [6.07, 6.45) is 1.05. The number of nitrogens with two attached hydrogens (primary N) is 3. The number of ether oxygens (including phenoxy) is 1. The molecule has 0 amide bonds. The number of hydrogen-bond acceptors (Lipinski definition) is 2. The molecule has 6 heteroatoms. The molecule has 88 valence electrons. The highest BCUT2D eigenvalue weighted by atomic mass is 16.5. The third-order valence-electron chi connectivity index (χ3n) is 1.59. The standard InChI is InChI=1S/C9H21N5O/c1-7(2)3-5-15-6-4-13-9(12)14-8(10)11/h7H,3-6H2,1-2H3,(H6,10,11,12,13,14). The van der Waals surface area contributed by atoms with Gasteiger partial charge in [-0.05, 0) is 12.3 Å². The van der Waals surface area contributed by atoms with Crippen molar-refractivity contribution in [3.05, 3.63) is 0 Å². The summed E-state index contributed by atoms with van der Waals surface area (Å²) < 4.78 is 5.33. The summed E-state index contributed by atoms with van der Waals surface area (Å²) in [5, 5.41) is 0. The van der Waals surface area contributed by atoms with Crippen molar-refractivity contribution in [3.8, 4) is 0 Å². The summed E-state index contributed by atoms with van der Waals surface area (Å²) in [6, 6.07) is 0. The maximum Gasteiger partial charge on any atom is 0.218 e. The Bertz CT molecular complexity index is 221. The van der Waals surface area contributed by atoms with Crippen LogP contribution in [0, 0.1) is 5.92 Å². The Morgan fingerprint density at radius 2 is 1.87 bits per heavy atom. The van der Waals surface area contributed by atoms with E-state index in [-0.39, 0.29) is 11.9 Å². The maximum absolute atomic E-state index is 5.38. The van der Waals surface area contributed by atoms with Crippen LogP contribution >= 0.6 is 0 Å². The Morgan fingerprint density at radius 3 is 2.40 bits per heavy atom. The Hall–Kier alpha value is -1.30. The van der Waals surface area contributed by atoms with Crippen molar-refractivity contribution in [2.75, 3.05) is 19.8 Å². The first kappa shape index (κ1) is 13.7. The van der Waals surface area contributed by atoms with E-state index in [2.05, 4.69) is 23.8 Å². The minimum absolute atomic E-state index is 0.0856. The van der Waals surface area contributed by atoms with Crippen molar-refractivity contribution < 1.29 is 4.74 Å². The molecule has 0 saturated carbocycles. The predicted molar refractivity (Wildman–Crippen MR) is 62.6 cm³/mol. The van der Waals surface area contributed by atoms with Crippen LogP contribution in [0.3, 0.4) is 0 Å². The van der Waals surface area contributed by atoms with Gasteiger partial charge < -0.3 is 21.9 Å². The first-order chi connectivity index (χ1) is 7.02. The molecule has 0 aliphatic heterocycles. The second-order valence-electron chi connectivity index (χ2n) is 3.57. The van der Waals surface area contributed by atoms with Crippen molar-refractivity contribution >= 4 is 11.9 Å². The first-order valence-electron chi connectivity index (χ1n) is 4.99. The van der Waals surface area contributed by atoms with E-state index in [0.29, 0.717) is 19.1 Å². The molecule has 0 unspecified atom stereocenters. The predicted octanol–water partition coefficient (Wildman–Crippen LogP) is -0.363. The zero-order valence-electron chi connectivity index (χ0n) is 9.44. The molecule has 0 aromatic heterocycles. The molecule has 0 fully saturated rings. The molecule has 6 nitrogen and oxygen atoms in total. The minimum atomic E-state index is -0.0861. The smallest absolute Gasteiger partial charge is 0.218 e. The summed E-state index contributed by atoms with van der Waals surface area (Å²) in [6.45, 7) is 6.06. The van der Waals surface area contributed by atoms with Gasteiger partial charge in [-0.2, -0.15) is 4.99 Å². The zero-order chi connectivity index (χ0) is 11.7. The van der Waals surface area contributed by atoms with E-state index >= 15 is 0 Å². The monoisotopic (exact) mass is 215 g/mol. The number of hydrogen-bond donors (Lipinski definition) is 3. The summed E-state index contributed by atoms with van der Waals surface area (Å²) in [4.78, 5) is 7.47. The summed E-state index contributed by atoms with van der Waals surface area (Å²) in [5.41, 5.74) is 15.6. The lowest BCUT2D eigenvalue weighted by Gasteiger charge is -2.04. The van der Waals surface area contributed by atoms with Gasteiger partial charge in [-0.25, -0.2) is 4.99 Å². The second kappa shape index (κ2) is 8.05. The topological polar surface area (TPSA) is 112 Å². The van der Waals surface area contributed by atoms with Crippen LogP contribution in [0.5, 0.6) is 0 Å². The molecule has 0 aliphatic rings. The summed E-state index contributed by atoms with van der Waals surface area (Å²) >= 11 is 0. The fourth-order valence-electron chi connectivity index (χ4n) is 0.813. The Balaban J connectivity index is 3.49. The lowest BCUT2D eigenvalue weighted by atomic mass is 10.1. The third-order valence-corrected chi connectivity index (χ3v) is 1.59. The number of nitrogens with zero attached hydrogens (tertiary/aromatic N) is 2. The fourth-order valence-corrected chi connectivity index (χ4v) is 0.813. The Morgan fingerprint density at radius 1 is 1.20 bits per heavy atom. The second-order valence-corrected chi connectivity index (χ2v) is 3.57. The molecule has 0 saturated heterocycles. The molecule has 0 bridgehead atoms. The molecule has 6 N–H and O–H groups in total. The van der Waals surface area contributed by atoms with Crippen molar-refractivity contribution in [1.29, 1.82) is 0 Å². The van der Waals surface area contributed by atoms with E-state index in [1.54, 1.807) is 0 Å². The van der Waals surface area contributed by atoms with Crippen molar-refractivity contribution in [2.24, 2.45) is 33.1 Å². The molecule has 0 aromatic carbocycles. The van der Waals surface area contributed by atoms with Gasteiger partial charge in [-0.3, -0.25) is 0 Å². The highest BCUT2D eigenvalue weighted by Crippen LogP contribution is 1.98. The molecule has 0 aromatic rings. The average molecular weight is 215 g/mol. The van der Waals surface area contributed by atoms with E-state index < -0.39 is 0 Å². The van der Waals surface area contributed by atoms with Crippen LogP contribution in [0.2, 0.25) is 0 Å². The molecular formula is C9H21N5O. The van der Waals surface area contributed by atoms with Gasteiger partial charge >= 0.3 is 0 Å². The molecular weight excluding hydrogens is 194 g/mol. The van der Waals surface area contributed by atoms with Crippen molar-refractivity contribution in [1.82, 2.24) is 0 Å². The van der Waals surface area contributed by atoms with Crippen LogP contribution in [0.1, 0.15) is 20.3 Å². The minimum Gasteiger partial charge on any atom is -0.380 e. The van der Waals surface area contributed by atoms with Crippen LogP contribution in [-0.4, -0.2) is 31.7 Å². The van der Waals surface area contributed by atoms with E-state index in [1.807, 2.05) is 0 Å². The van der Waals surface area contributed by atoms with E-state index in [4.69, 9.17) is 21.9 Å². The molecule has 0 atom stereocenters. The van der Waals surface area contributed by atoms with Gasteiger partial charge in [0.2, 0.25) is 5.96 Å². The number of aliphatic imine (C=N–C) groups is 2. The maximum atomic E-state index is 5.38. The first-order valence-corrected chi connectivity index (χ1v) is 4.99. The molecule has 0 heterocycles. The number of rotatable bonds is 6. The van der Waals surface area contributed by atoms with Gasteiger partial charge in [0, 0.05) is 6.61 Å². The van der Waals surface area contributed by atoms with Crippen LogP contribution in [-0.2, 0) is 4.74 Å². The molecule has 0 spiro atoms. The van der Waals surface area contributed by atoms with E-state index in [1.165, 1.54) is 0 Å². The molecule has 0 rings (SSSR count). The van der Waals surface area contributed by atoms with E-state index in [0.717, 1.165) is 13.0 Å². The van der Waals surface area contributed by atoms with Gasteiger partial charge in [0.1, 0.15) is 0 Å².